The SMILES string of the molecule is CCC(CC)(CC)C(CC)(CC)[P+](CC)(CC)CC. The van der Waals surface area contributed by atoms with Crippen LogP contribution in [0.15, 0.2) is 0 Å². The van der Waals surface area contributed by atoms with Gasteiger partial charge < -0.3 is 0 Å². The highest BCUT2D eigenvalue weighted by Gasteiger charge is 2.61. The summed E-state index contributed by atoms with van der Waals surface area (Å²) in [4.78, 5) is 0. The molecule has 0 aliphatic rings. The van der Waals surface area contributed by atoms with Crippen LogP contribution in [-0.2, 0) is 0 Å². The summed E-state index contributed by atoms with van der Waals surface area (Å²) < 4.78 is 0. The predicted octanol–water partition coefficient (Wildman–Crippen LogP) is 6.84. The molecule has 0 fully saturated rings. The van der Waals surface area contributed by atoms with Crippen molar-refractivity contribution in [2.75, 3.05) is 18.5 Å². The lowest BCUT2D eigenvalue weighted by Crippen LogP contribution is -2.50. The molecule has 0 bridgehead atoms. The Morgan fingerprint density at radius 2 is 0.842 bits per heavy atom. The Morgan fingerprint density at radius 3 is 1.00 bits per heavy atom. The Labute approximate surface area is 124 Å². The monoisotopic (exact) mass is 287 g/mol. The molecule has 0 nitrogen and oxygen atoms in total. The van der Waals surface area contributed by atoms with Crippen LogP contribution in [0.3, 0.4) is 0 Å². The summed E-state index contributed by atoms with van der Waals surface area (Å²) in [6.45, 7) is 19.7. The number of rotatable bonds is 10. The molecule has 0 unspecified atom stereocenters. The van der Waals surface area contributed by atoms with Gasteiger partial charge in [-0.1, -0.05) is 34.6 Å². The maximum absolute atomic E-state index is 2.48. The van der Waals surface area contributed by atoms with E-state index in [0.717, 1.165) is 0 Å². The van der Waals surface area contributed by atoms with Gasteiger partial charge in [0, 0.05) is 12.7 Å². The minimum Gasteiger partial charge on any atom is -0.0647 e. The third kappa shape index (κ3) is 2.76. The standard InChI is InChI=1S/C18H40P/c1-9-17(10-2,11-3)18(12-4,13-5)19(14-6,15-7)16-8/h9-16H2,1-8H3/q+1. The van der Waals surface area contributed by atoms with E-state index in [2.05, 4.69) is 55.4 Å². The first kappa shape index (κ1) is 19.4. The molecule has 0 aromatic rings. The van der Waals surface area contributed by atoms with E-state index in [1.54, 1.807) is 0 Å². The van der Waals surface area contributed by atoms with Gasteiger partial charge in [0.1, 0.15) is 0 Å². The van der Waals surface area contributed by atoms with Gasteiger partial charge in [0.15, 0.2) is 0 Å². The maximum Gasteiger partial charge on any atom is 0.0849 e. The quantitative estimate of drug-likeness (QED) is 0.386. The summed E-state index contributed by atoms with van der Waals surface area (Å²) in [6, 6.07) is 0. The fourth-order valence-corrected chi connectivity index (χ4v) is 11.5. The van der Waals surface area contributed by atoms with Crippen LogP contribution in [0, 0.1) is 5.41 Å². The second kappa shape index (κ2) is 8.02. The van der Waals surface area contributed by atoms with Gasteiger partial charge >= 0.3 is 0 Å². The van der Waals surface area contributed by atoms with Crippen molar-refractivity contribution in [2.45, 2.75) is 92.7 Å². The molecule has 0 atom stereocenters. The molecule has 0 aliphatic heterocycles. The van der Waals surface area contributed by atoms with Crippen LogP contribution in [0.25, 0.3) is 0 Å². The maximum atomic E-state index is 2.48. The van der Waals surface area contributed by atoms with E-state index in [-0.39, 0.29) is 0 Å². The van der Waals surface area contributed by atoms with Crippen LogP contribution in [0.5, 0.6) is 0 Å². The van der Waals surface area contributed by atoms with Crippen LogP contribution >= 0.6 is 7.26 Å². The van der Waals surface area contributed by atoms with Gasteiger partial charge in [0.25, 0.3) is 0 Å². The lowest BCUT2D eigenvalue weighted by Gasteiger charge is -2.55. The Balaban J connectivity index is 6.08. The molecule has 0 amide bonds. The lowest BCUT2D eigenvalue weighted by molar-refractivity contribution is 0.148. The minimum atomic E-state index is -0.851. The molecule has 0 spiro atoms. The molecule has 0 aromatic carbocycles. The highest BCUT2D eigenvalue weighted by molar-refractivity contribution is 7.77. The van der Waals surface area contributed by atoms with Crippen LogP contribution in [0.2, 0.25) is 0 Å². The topological polar surface area (TPSA) is 0 Å². The average molecular weight is 287 g/mol. The van der Waals surface area contributed by atoms with E-state index in [1.165, 1.54) is 50.6 Å². The fourth-order valence-electron chi connectivity index (χ4n) is 5.49. The highest BCUT2D eigenvalue weighted by Crippen LogP contribution is 2.77. The van der Waals surface area contributed by atoms with Gasteiger partial charge in [-0.05, 0) is 52.9 Å². The van der Waals surface area contributed by atoms with Gasteiger partial charge in [-0.3, -0.25) is 0 Å². The number of hydrogen-bond donors (Lipinski definition) is 0. The van der Waals surface area contributed by atoms with E-state index >= 15 is 0 Å². The molecule has 0 aromatic heterocycles. The van der Waals surface area contributed by atoms with E-state index in [0.29, 0.717) is 10.6 Å². The second-order valence-electron chi connectivity index (χ2n) is 6.17. The Bertz CT molecular complexity index is 194. The summed E-state index contributed by atoms with van der Waals surface area (Å²) in [7, 11) is -0.851. The summed E-state index contributed by atoms with van der Waals surface area (Å²) >= 11 is 0. The zero-order valence-corrected chi connectivity index (χ0v) is 16.0. The van der Waals surface area contributed by atoms with Crippen molar-refractivity contribution in [3.05, 3.63) is 0 Å². The molecule has 0 aliphatic carbocycles. The van der Waals surface area contributed by atoms with Crippen molar-refractivity contribution >= 4 is 7.26 Å². The molecule has 0 rings (SSSR count). The average Bonchev–Trinajstić information content (AvgIpc) is 2.49. The third-order valence-electron chi connectivity index (χ3n) is 6.91. The Kier molecular flexibility index (Phi) is 8.20. The van der Waals surface area contributed by atoms with Gasteiger partial charge in [0.05, 0.1) is 23.6 Å². The first-order valence-electron chi connectivity index (χ1n) is 8.85. The first-order valence-corrected chi connectivity index (χ1v) is 11.2. The van der Waals surface area contributed by atoms with Crippen molar-refractivity contribution in [1.82, 2.24) is 0 Å². The zero-order chi connectivity index (χ0) is 15.2. The smallest absolute Gasteiger partial charge is 0.0647 e. The molecule has 116 valence electrons. The molecule has 0 heterocycles. The Hall–Kier alpha value is 0.430. The van der Waals surface area contributed by atoms with E-state index in [9.17, 15) is 0 Å². The lowest BCUT2D eigenvalue weighted by atomic mass is 9.66. The minimum absolute atomic E-state index is 0.576. The molecule has 0 radical (unpaired) electrons. The summed E-state index contributed by atoms with van der Waals surface area (Å²) in [5.74, 6) is 0. The third-order valence-corrected chi connectivity index (χ3v) is 13.5. The molecular weight excluding hydrogens is 247 g/mol. The number of hydrogen-bond acceptors (Lipinski definition) is 0. The largest absolute Gasteiger partial charge is 0.0849 e. The summed E-state index contributed by atoms with van der Waals surface area (Å²) in [6.07, 6.45) is 11.2. The van der Waals surface area contributed by atoms with Gasteiger partial charge in [0.2, 0.25) is 0 Å². The fraction of sp³-hybridized carbons (Fsp3) is 1.00. The molecular formula is C18H40P+. The van der Waals surface area contributed by atoms with Crippen LogP contribution < -0.4 is 0 Å². The predicted molar refractivity (Wildman–Crippen MR) is 95.2 cm³/mol. The van der Waals surface area contributed by atoms with Crippen molar-refractivity contribution < 1.29 is 0 Å². The van der Waals surface area contributed by atoms with Crippen LogP contribution in [0.4, 0.5) is 0 Å². The molecule has 19 heavy (non-hydrogen) atoms. The van der Waals surface area contributed by atoms with Gasteiger partial charge in [-0.25, -0.2) is 0 Å². The Morgan fingerprint density at radius 1 is 0.526 bits per heavy atom. The van der Waals surface area contributed by atoms with Crippen LogP contribution in [-0.4, -0.2) is 23.6 Å². The summed E-state index contributed by atoms with van der Waals surface area (Å²) in [5.41, 5.74) is 0.576. The summed E-state index contributed by atoms with van der Waals surface area (Å²) in [5, 5.41) is 0.622. The highest BCUT2D eigenvalue weighted by atomic mass is 31.2. The zero-order valence-electron chi connectivity index (χ0n) is 15.1. The molecule has 0 N–H and O–H groups in total. The van der Waals surface area contributed by atoms with Crippen molar-refractivity contribution in [1.29, 1.82) is 0 Å². The van der Waals surface area contributed by atoms with Crippen molar-refractivity contribution in [3.8, 4) is 0 Å². The van der Waals surface area contributed by atoms with E-state index in [1.807, 2.05) is 0 Å². The second-order valence-corrected chi connectivity index (χ2v) is 11.2. The van der Waals surface area contributed by atoms with Crippen LogP contribution in [0.1, 0.15) is 87.5 Å². The van der Waals surface area contributed by atoms with Crippen molar-refractivity contribution in [3.63, 3.8) is 0 Å². The molecule has 1 heteroatoms. The molecule has 0 saturated carbocycles. The van der Waals surface area contributed by atoms with Gasteiger partial charge in [-0.2, -0.15) is 0 Å². The van der Waals surface area contributed by atoms with Gasteiger partial charge in [-0.15, -0.1) is 0 Å². The first-order chi connectivity index (χ1) is 8.99. The van der Waals surface area contributed by atoms with Crippen molar-refractivity contribution in [2.24, 2.45) is 5.41 Å². The molecule has 0 saturated heterocycles. The normalized spacial score (nSPS) is 13.9. The van der Waals surface area contributed by atoms with E-state index < -0.39 is 7.26 Å². The van der Waals surface area contributed by atoms with E-state index in [4.69, 9.17) is 0 Å².